The van der Waals surface area contributed by atoms with Gasteiger partial charge in [0, 0.05) is 30.6 Å². The molecule has 1 fully saturated rings. The summed E-state index contributed by atoms with van der Waals surface area (Å²) in [6.07, 6.45) is 4.83. The van der Waals surface area contributed by atoms with E-state index in [2.05, 4.69) is 5.10 Å². The van der Waals surface area contributed by atoms with Crippen molar-refractivity contribution >= 4 is 11.6 Å². The van der Waals surface area contributed by atoms with Crippen molar-refractivity contribution in [3.8, 4) is 0 Å². The van der Waals surface area contributed by atoms with Crippen LogP contribution in [0, 0.1) is 0 Å². The topological polar surface area (TPSA) is 43.8 Å². The molecule has 1 aromatic heterocycles. The zero-order valence-corrected chi connectivity index (χ0v) is 7.75. The molecule has 1 aromatic rings. The van der Waals surface area contributed by atoms with Crippen LogP contribution in [0.15, 0.2) is 12.4 Å². The Hall–Kier alpha value is -0.540. The highest BCUT2D eigenvalue weighted by molar-refractivity contribution is 6.24. The fourth-order valence-corrected chi connectivity index (χ4v) is 2.06. The van der Waals surface area contributed by atoms with Gasteiger partial charge in [-0.25, -0.2) is 0 Å². The van der Waals surface area contributed by atoms with Gasteiger partial charge in [-0.05, 0) is 12.0 Å². The summed E-state index contributed by atoms with van der Waals surface area (Å²) in [5.74, 6) is 0. The van der Waals surface area contributed by atoms with Crippen molar-refractivity contribution in [2.45, 2.75) is 17.2 Å². The van der Waals surface area contributed by atoms with Crippen LogP contribution in [0.3, 0.4) is 0 Å². The van der Waals surface area contributed by atoms with E-state index in [1.807, 2.05) is 19.4 Å². The van der Waals surface area contributed by atoms with E-state index in [1.165, 1.54) is 5.56 Å². The molecule has 0 spiro atoms. The van der Waals surface area contributed by atoms with Gasteiger partial charge in [-0.1, -0.05) is 0 Å². The number of hydrogen-bond acceptors (Lipinski definition) is 2. The molecule has 0 saturated heterocycles. The third-order valence-electron chi connectivity index (χ3n) is 2.63. The molecule has 0 aliphatic heterocycles. The molecule has 1 aliphatic rings. The zero-order valence-electron chi connectivity index (χ0n) is 7.00. The molecule has 1 heterocycles. The summed E-state index contributed by atoms with van der Waals surface area (Å²) in [5.41, 5.74) is 6.88. The van der Waals surface area contributed by atoms with Crippen LogP contribution >= 0.6 is 11.6 Å². The standard InChI is InChI=1S/C8H12ClN3/c1-12-4-6(3-11-12)8(5-10)2-7(8)9/h3-4,7H,2,5,10H2,1H3. The van der Waals surface area contributed by atoms with Crippen molar-refractivity contribution in [2.75, 3.05) is 6.54 Å². The van der Waals surface area contributed by atoms with Gasteiger partial charge in [0.25, 0.3) is 0 Å². The van der Waals surface area contributed by atoms with E-state index in [4.69, 9.17) is 17.3 Å². The van der Waals surface area contributed by atoms with Crippen LogP contribution in [0.5, 0.6) is 0 Å². The van der Waals surface area contributed by atoms with E-state index in [9.17, 15) is 0 Å². The highest BCUT2D eigenvalue weighted by Gasteiger charge is 2.54. The van der Waals surface area contributed by atoms with Gasteiger partial charge in [-0.3, -0.25) is 4.68 Å². The summed E-state index contributed by atoms with van der Waals surface area (Å²) >= 11 is 6.04. The molecule has 1 aliphatic carbocycles. The molecule has 1 saturated carbocycles. The Morgan fingerprint density at radius 3 is 2.92 bits per heavy atom. The summed E-state index contributed by atoms with van der Waals surface area (Å²) in [4.78, 5) is 0. The second-order valence-corrected chi connectivity index (χ2v) is 3.96. The minimum absolute atomic E-state index is 0.0236. The van der Waals surface area contributed by atoms with Gasteiger partial charge >= 0.3 is 0 Å². The van der Waals surface area contributed by atoms with Crippen LogP contribution in [-0.4, -0.2) is 21.7 Å². The summed E-state index contributed by atoms with van der Waals surface area (Å²) < 4.78 is 1.79. The first-order chi connectivity index (χ1) is 5.69. The van der Waals surface area contributed by atoms with Crippen LogP contribution in [0.2, 0.25) is 0 Å². The van der Waals surface area contributed by atoms with Crippen LogP contribution in [-0.2, 0) is 12.5 Å². The maximum absolute atomic E-state index is 6.04. The zero-order chi connectivity index (χ0) is 8.77. The van der Waals surface area contributed by atoms with Gasteiger partial charge in [-0.15, -0.1) is 11.6 Å². The first kappa shape index (κ1) is 8.08. The molecule has 2 N–H and O–H groups in total. The maximum atomic E-state index is 6.04. The predicted octanol–water partition coefficient (Wildman–Crippen LogP) is 0.628. The van der Waals surface area contributed by atoms with Crippen molar-refractivity contribution in [2.24, 2.45) is 12.8 Å². The van der Waals surface area contributed by atoms with Crippen molar-refractivity contribution < 1.29 is 0 Å². The largest absolute Gasteiger partial charge is 0.330 e. The maximum Gasteiger partial charge on any atom is 0.0528 e. The monoisotopic (exact) mass is 185 g/mol. The molecule has 2 atom stereocenters. The number of nitrogens with zero attached hydrogens (tertiary/aromatic N) is 2. The van der Waals surface area contributed by atoms with Gasteiger partial charge in [0.15, 0.2) is 0 Å². The number of aromatic nitrogens is 2. The smallest absolute Gasteiger partial charge is 0.0528 e. The van der Waals surface area contributed by atoms with Crippen molar-refractivity contribution in [1.29, 1.82) is 0 Å². The first-order valence-corrected chi connectivity index (χ1v) is 4.46. The van der Waals surface area contributed by atoms with E-state index in [0.29, 0.717) is 6.54 Å². The fraction of sp³-hybridized carbons (Fsp3) is 0.625. The number of aryl methyl sites for hydroxylation is 1. The lowest BCUT2D eigenvalue weighted by molar-refractivity contribution is 0.703. The molecule has 2 unspecified atom stereocenters. The van der Waals surface area contributed by atoms with E-state index < -0.39 is 0 Å². The van der Waals surface area contributed by atoms with Gasteiger partial charge in [0.2, 0.25) is 0 Å². The second kappa shape index (κ2) is 2.47. The van der Waals surface area contributed by atoms with Gasteiger partial charge < -0.3 is 5.73 Å². The van der Waals surface area contributed by atoms with Crippen molar-refractivity contribution in [3.63, 3.8) is 0 Å². The fourth-order valence-electron chi connectivity index (χ4n) is 1.57. The highest BCUT2D eigenvalue weighted by Crippen LogP contribution is 2.51. The molecular weight excluding hydrogens is 174 g/mol. The number of hydrogen-bond donors (Lipinski definition) is 1. The normalized spacial score (nSPS) is 33.8. The molecule has 3 nitrogen and oxygen atoms in total. The van der Waals surface area contributed by atoms with Gasteiger partial charge in [-0.2, -0.15) is 5.10 Å². The van der Waals surface area contributed by atoms with E-state index >= 15 is 0 Å². The van der Waals surface area contributed by atoms with Gasteiger partial charge in [0.1, 0.15) is 0 Å². The molecule has 0 radical (unpaired) electrons. The third-order valence-corrected chi connectivity index (χ3v) is 3.20. The third kappa shape index (κ3) is 0.967. The Bertz CT molecular complexity index is 292. The Morgan fingerprint density at radius 2 is 2.58 bits per heavy atom. The highest BCUT2D eigenvalue weighted by atomic mass is 35.5. The van der Waals surface area contributed by atoms with Crippen LogP contribution < -0.4 is 5.73 Å². The molecule has 2 rings (SSSR count). The van der Waals surface area contributed by atoms with Gasteiger partial charge in [0.05, 0.1) is 6.20 Å². The summed E-state index contributed by atoms with van der Waals surface area (Å²) in [6, 6.07) is 0. The molecule has 4 heteroatoms. The molecule has 12 heavy (non-hydrogen) atoms. The lowest BCUT2D eigenvalue weighted by atomic mass is 10.0. The van der Waals surface area contributed by atoms with E-state index in [-0.39, 0.29) is 10.8 Å². The SMILES string of the molecule is Cn1cc(C2(CN)CC2Cl)cn1. The van der Waals surface area contributed by atoms with E-state index in [0.717, 1.165) is 6.42 Å². The predicted molar refractivity (Wildman–Crippen MR) is 48.2 cm³/mol. The number of rotatable bonds is 2. The van der Waals surface area contributed by atoms with Crippen LogP contribution in [0.4, 0.5) is 0 Å². The Morgan fingerprint density at radius 1 is 1.92 bits per heavy atom. The Labute approximate surface area is 76.5 Å². The van der Waals surface area contributed by atoms with E-state index in [1.54, 1.807) is 4.68 Å². The lowest BCUT2D eigenvalue weighted by Crippen LogP contribution is -2.22. The van der Waals surface area contributed by atoms with Crippen LogP contribution in [0.25, 0.3) is 0 Å². The Balaban J connectivity index is 2.30. The van der Waals surface area contributed by atoms with Crippen molar-refractivity contribution in [3.05, 3.63) is 18.0 Å². The summed E-state index contributed by atoms with van der Waals surface area (Å²) in [6.45, 7) is 0.618. The summed E-state index contributed by atoms with van der Waals surface area (Å²) in [7, 11) is 1.90. The first-order valence-electron chi connectivity index (χ1n) is 4.02. The molecule has 66 valence electrons. The molecular formula is C8H12ClN3. The minimum atomic E-state index is 0.0236. The van der Waals surface area contributed by atoms with Crippen LogP contribution in [0.1, 0.15) is 12.0 Å². The second-order valence-electron chi connectivity index (χ2n) is 3.43. The molecule has 0 amide bonds. The minimum Gasteiger partial charge on any atom is -0.330 e. The lowest BCUT2D eigenvalue weighted by Gasteiger charge is -2.08. The number of halogens is 1. The number of alkyl halides is 1. The summed E-state index contributed by atoms with van der Waals surface area (Å²) in [5, 5.41) is 4.31. The Kier molecular flexibility index (Phi) is 1.66. The number of nitrogens with two attached hydrogens (primary N) is 1. The van der Waals surface area contributed by atoms with Crippen molar-refractivity contribution in [1.82, 2.24) is 9.78 Å². The average molecular weight is 186 g/mol. The molecule has 0 bridgehead atoms. The average Bonchev–Trinajstić information content (AvgIpc) is 2.50. The quantitative estimate of drug-likeness (QED) is 0.687. The molecule has 0 aromatic carbocycles.